The van der Waals surface area contributed by atoms with Crippen LogP contribution in [0.3, 0.4) is 0 Å². The first-order chi connectivity index (χ1) is 7.66. The number of amides is 1. The van der Waals surface area contributed by atoms with E-state index in [9.17, 15) is 4.79 Å². The fourth-order valence-electron chi connectivity index (χ4n) is 1.44. The number of hydrogen-bond acceptors (Lipinski definition) is 2. The maximum Gasteiger partial charge on any atom is 0.252 e. The van der Waals surface area contributed by atoms with Crippen LogP contribution in [0.1, 0.15) is 29.6 Å². The molecule has 1 aromatic heterocycles. The van der Waals surface area contributed by atoms with Crippen LogP contribution in [-0.4, -0.2) is 17.4 Å². The summed E-state index contributed by atoms with van der Waals surface area (Å²) in [5.41, 5.74) is 0.449. The van der Waals surface area contributed by atoms with Crippen molar-refractivity contribution in [2.45, 2.75) is 19.3 Å². The molecule has 5 heteroatoms. The van der Waals surface area contributed by atoms with Crippen LogP contribution >= 0.6 is 23.2 Å². The lowest BCUT2D eigenvalue weighted by atomic mass is 10.2. The van der Waals surface area contributed by atoms with Gasteiger partial charge in [0.05, 0.1) is 10.6 Å². The van der Waals surface area contributed by atoms with Gasteiger partial charge in [0.15, 0.2) is 0 Å². The number of hydrogen-bond donors (Lipinski definition) is 1. The lowest BCUT2D eigenvalue weighted by Gasteiger charge is -2.04. The molecule has 1 saturated carbocycles. The Labute approximate surface area is 104 Å². The Balaban J connectivity index is 1.88. The first-order valence-corrected chi connectivity index (χ1v) is 6.01. The molecule has 0 saturated heterocycles. The molecule has 1 amide bonds. The van der Waals surface area contributed by atoms with Crippen LogP contribution in [0, 0.1) is 5.92 Å². The third kappa shape index (κ3) is 3.09. The van der Waals surface area contributed by atoms with Gasteiger partial charge in [-0.25, -0.2) is 4.98 Å². The van der Waals surface area contributed by atoms with Crippen molar-refractivity contribution < 1.29 is 4.79 Å². The number of nitrogens with zero attached hydrogens (tertiary/aromatic N) is 1. The van der Waals surface area contributed by atoms with Crippen molar-refractivity contribution in [3.63, 3.8) is 0 Å². The van der Waals surface area contributed by atoms with Crippen LogP contribution in [-0.2, 0) is 0 Å². The Hall–Kier alpha value is -0.800. The number of pyridine rings is 1. The maximum atomic E-state index is 11.7. The molecule has 0 spiro atoms. The van der Waals surface area contributed by atoms with E-state index in [2.05, 4.69) is 10.3 Å². The van der Waals surface area contributed by atoms with Crippen molar-refractivity contribution in [2.24, 2.45) is 5.92 Å². The summed E-state index contributed by atoms with van der Waals surface area (Å²) in [6, 6.07) is 1.53. The second kappa shape index (κ2) is 5.02. The predicted molar refractivity (Wildman–Crippen MR) is 63.9 cm³/mol. The molecule has 16 heavy (non-hydrogen) atoms. The smallest absolute Gasteiger partial charge is 0.252 e. The van der Waals surface area contributed by atoms with Crippen LogP contribution in [0.5, 0.6) is 0 Å². The van der Waals surface area contributed by atoms with E-state index in [0.717, 1.165) is 12.3 Å². The summed E-state index contributed by atoms with van der Waals surface area (Å²) in [6.07, 6.45) is 5.08. The summed E-state index contributed by atoms with van der Waals surface area (Å²) >= 11 is 11.4. The van der Waals surface area contributed by atoms with Crippen molar-refractivity contribution in [1.29, 1.82) is 0 Å². The highest BCUT2D eigenvalue weighted by Gasteiger charge is 2.20. The van der Waals surface area contributed by atoms with Gasteiger partial charge in [0.25, 0.3) is 5.91 Å². The zero-order chi connectivity index (χ0) is 11.5. The van der Waals surface area contributed by atoms with E-state index in [4.69, 9.17) is 23.2 Å². The summed E-state index contributed by atoms with van der Waals surface area (Å²) in [5, 5.41) is 3.36. The van der Waals surface area contributed by atoms with E-state index in [1.165, 1.54) is 25.1 Å². The minimum Gasteiger partial charge on any atom is -0.352 e. The molecule has 0 atom stereocenters. The molecule has 86 valence electrons. The van der Waals surface area contributed by atoms with Crippen molar-refractivity contribution >= 4 is 29.1 Å². The van der Waals surface area contributed by atoms with Crippen LogP contribution in [0.25, 0.3) is 0 Å². The zero-order valence-electron chi connectivity index (χ0n) is 8.67. The SMILES string of the molecule is O=C(NCCC1CC1)c1cnc(Cl)c(Cl)c1. The van der Waals surface area contributed by atoms with Crippen LogP contribution in [0.4, 0.5) is 0 Å². The van der Waals surface area contributed by atoms with Crippen molar-refractivity contribution in [1.82, 2.24) is 10.3 Å². The maximum absolute atomic E-state index is 11.7. The summed E-state index contributed by atoms with van der Waals surface area (Å²) in [6.45, 7) is 0.712. The van der Waals surface area contributed by atoms with E-state index in [-0.39, 0.29) is 11.1 Å². The van der Waals surface area contributed by atoms with Gasteiger partial charge in [-0.15, -0.1) is 0 Å². The van der Waals surface area contributed by atoms with Crippen molar-refractivity contribution in [2.75, 3.05) is 6.54 Å². The van der Waals surface area contributed by atoms with Gasteiger partial charge in [0.1, 0.15) is 5.15 Å². The van der Waals surface area contributed by atoms with Crippen LogP contribution in [0.15, 0.2) is 12.3 Å². The molecule has 0 unspecified atom stereocenters. The average Bonchev–Trinajstić information content (AvgIpc) is 3.06. The molecule has 0 bridgehead atoms. The summed E-state index contributed by atoms with van der Waals surface area (Å²) in [7, 11) is 0. The number of halogens is 2. The van der Waals surface area contributed by atoms with Crippen LogP contribution < -0.4 is 5.32 Å². The summed E-state index contributed by atoms with van der Waals surface area (Å²) in [5.74, 6) is 0.666. The zero-order valence-corrected chi connectivity index (χ0v) is 10.2. The van der Waals surface area contributed by atoms with Gasteiger partial charge in [-0.2, -0.15) is 0 Å². The number of rotatable bonds is 4. The van der Waals surface area contributed by atoms with Gasteiger partial charge in [-0.1, -0.05) is 36.0 Å². The van der Waals surface area contributed by atoms with E-state index < -0.39 is 0 Å². The molecule has 1 aliphatic carbocycles. The second-order valence-electron chi connectivity index (χ2n) is 3.98. The Morgan fingerprint density at radius 2 is 2.25 bits per heavy atom. The molecular weight excluding hydrogens is 247 g/mol. The molecule has 3 nitrogen and oxygen atoms in total. The molecule has 0 radical (unpaired) electrons. The van der Waals surface area contributed by atoms with Crippen molar-refractivity contribution in [3.8, 4) is 0 Å². The summed E-state index contributed by atoms with van der Waals surface area (Å²) < 4.78 is 0. The highest BCUT2D eigenvalue weighted by atomic mass is 35.5. The first kappa shape index (κ1) is 11.7. The Kier molecular flexibility index (Phi) is 3.66. The minimum absolute atomic E-state index is 0.147. The predicted octanol–water partition coefficient (Wildman–Crippen LogP) is 2.92. The number of nitrogens with one attached hydrogen (secondary N) is 1. The molecule has 1 heterocycles. The van der Waals surface area contributed by atoms with Gasteiger partial charge >= 0.3 is 0 Å². The molecule has 1 fully saturated rings. The van der Waals surface area contributed by atoms with Gasteiger partial charge in [-0.05, 0) is 18.4 Å². The highest BCUT2D eigenvalue weighted by molar-refractivity contribution is 6.41. The highest BCUT2D eigenvalue weighted by Crippen LogP contribution is 2.31. The minimum atomic E-state index is -0.147. The second-order valence-corrected chi connectivity index (χ2v) is 4.75. The third-order valence-corrected chi connectivity index (χ3v) is 3.28. The topological polar surface area (TPSA) is 42.0 Å². The van der Waals surface area contributed by atoms with Gasteiger partial charge in [-0.3, -0.25) is 4.79 Å². The fraction of sp³-hybridized carbons (Fsp3) is 0.455. The van der Waals surface area contributed by atoms with E-state index in [1.54, 1.807) is 0 Å². The normalized spacial score (nSPS) is 14.9. The molecule has 1 N–H and O–H groups in total. The molecular formula is C11H12Cl2N2O. The van der Waals surface area contributed by atoms with Crippen molar-refractivity contribution in [3.05, 3.63) is 28.0 Å². The van der Waals surface area contributed by atoms with E-state index in [1.807, 2.05) is 0 Å². The fourth-order valence-corrected chi connectivity index (χ4v) is 1.71. The quantitative estimate of drug-likeness (QED) is 0.844. The summed E-state index contributed by atoms with van der Waals surface area (Å²) in [4.78, 5) is 15.5. The Bertz CT molecular complexity index is 405. The lowest BCUT2D eigenvalue weighted by molar-refractivity contribution is 0.0952. The van der Waals surface area contributed by atoms with E-state index >= 15 is 0 Å². The molecule has 0 aliphatic heterocycles. The first-order valence-electron chi connectivity index (χ1n) is 5.26. The molecule has 2 rings (SSSR count). The number of carbonyl (C=O) groups is 1. The molecule has 1 aliphatic rings. The van der Waals surface area contributed by atoms with Crippen LogP contribution in [0.2, 0.25) is 10.2 Å². The lowest BCUT2D eigenvalue weighted by Crippen LogP contribution is -2.24. The van der Waals surface area contributed by atoms with E-state index in [0.29, 0.717) is 17.1 Å². The average molecular weight is 259 g/mol. The Morgan fingerprint density at radius 3 is 2.88 bits per heavy atom. The Morgan fingerprint density at radius 1 is 1.50 bits per heavy atom. The largest absolute Gasteiger partial charge is 0.352 e. The van der Waals surface area contributed by atoms with Gasteiger partial charge in [0.2, 0.25) is 0 Å². The monoisotopic (exact) mass is 258 g/mol. The standard InChI is InChI=1S/C11H12Cl2N2O/c12-9-5-8(6-15-10(9)13)11(16)14-4-3-7-1-2-7/h5-7H,1-4H2,(H,14,16). The van der Waals surface area contributed by atoms with Gasteiger partial charge in [0, 0.05) is 12.7 Å². The number of carbonyl (C=O) groups excluding carboxylic acids is 1. The number of aromatic nitrogens is 1. The molecule has 0 aromatic carbocycles. The van der Waals surface area contributed by atoms with Gasteiger partial charge < -0.3 is 5.32 Å². The molecule has 1 aromatic rings. The third-order valence-electron chi connectivity index (χ3n) is 2.59.